The van der Waals surface area contributed by atoms with E-state index in [0.29, 0.717) is 12.8 Å². The molecule has 2 fully saturated rings. The molecule has 0 unspecified atom stereocenters. The average Bonchev–Trinajstić information content (AvgIpc) is 2.76. The second-order valence-electron chi connectivity index (χ2n) is 7.64. The average molecular weight is 314 g/mol. The number of ether oxygens (including phenoxy) is 2. The lowest BCUT2D eigenvalue weighted by molar-refractivity contribution is -0.150. The maximum absolute atomic E-state index is 12.1. The summed E-state index contributed by atoms with van der Waals surface area (Å²) in [5.74, 6) is -0.528. The molecule has 21 heavy (non-hydrogen) atoms. The number of esters is 2. The van der Waals surface area contributed by atoms with Gasteiger partial charge >= 0.3 is 11.9 Å². The van der Waals surface area contributed by atoms with Crippen LogP contribution in [0.3, 0.4) is 0 Å². The second-order valence-corrected chi connectivity index (χ2v) is 12.4. The van der Waals surface area contributed by atoms with E-state index in [9.17, 15) is 9.59 Å². The van der Waals surface area contributed by atoms with Gasteiger partial charge in [0, 0.05) is 19.3 Å². The van der Waals surface area contributed by atoms with Crippen LogP contribution in [0.4, 0.5) is 0 Å². The van der Waals surface area contributed by atoms with Crippen molar-refractivity contribution in [2.45, 2.75) is 77.0 Å². The first-order valence-electron chi connectivity index (χ1n) is 7.57. The molecule has 2 aliphatic rings. The Morgan fingerprint density at radius 3 is 2.43 bits per heavy atom. The monoisotopic (exact) mass is 314 g/mol. The third-order valence-electron chi connectivity index (χ3n) is 4.96. The molecule has 2 rings (SSSR count). The molecule has 0 spiro atoms. The summed E-state index contributed by atoms with van der Waals surface area (Å²) in [5, 5.41) is 0.0409. The van der Waals surface area contributed by atoms with Gasteiger partial charge in [0.15, 0.2) is 8.32 Å². The zero-order chi connectivity index (χ0) is 16.0. The van der Waals surface area contributed by atoms with Crippen molar-refractivity contribution in [1.82, 2.24) is 0 Å². The number of hydrogen-bond donors (Lipinski definition) is 0. The molecule has 5 nitrogen and oxygen atoms in total. The van der Waals surface area contributed by atoms with Crippen LogP contribution in [0, 0.1) is 5.92 Å². The Labute approximate surface area is 127 Å². The molecule has 6 heteroatoms. The Morgan fingerprint density at radius 1 is 1.29 bits per heavy atom. The van der Waals surface area contributed by atoms with E-state index in [1.807, 2.05) is 0 Å². The fourth-order valence-electron chi connectivity index (χ4n) is 2.79. The van der Waals surface area contributed by atoms with Crippen LogP contribution < -0.4 is 0 Å². The lowest BCUT2D eigenvalue weighted by Gasteiger charge is -2.38. The van der Waals surface area contributed by atoms with Gasteiger partial charge in [0.05, 0.1) is 0 Å². The Morgan fingerprint density at radius 2 is 1.90 bits per heavy atom. The number of carbonyl (C=O) groups excluding carboxylic acids is 2. The topological polar surface area (TPSA) is 61.8 Å². The van der Waals surface area contributed by atoms with Crippen LogP contribution in [-0.4, -0.2) is 38.6 Å². The van der Waals surface area contributed by atoms with E-state index >= 15 is 0 Å². The van der Waals surface area contributed by atoms with Crippen LogP contribution >= 0.6 is 0 Å². The molecule has 0 amide bonds. The van der Waals surface area contributed by atoms with E-state index in [4.69, 9.17) is 13.9 Å². The van der Waals surface area contributed by atoms with Crippen molar-refractivity contribution in [3.8, 4) is 0 Å². The molecular weight excluding hydrogens is 288 g/mol. The van der Waals surface area contributed by atoms with Crippen molar-refractivity contribution < 1.29 is 23.5 Å². The Kier molecular flexibility index (Phi) is 4.23. The van der Waals surface area contributed by atoms with Crippen molar-refractivity contribution >= 4 is 20.3 Å². The molecule has 0 aromatic carbocycles. The first-order valence-corrected chi connectivity index (χ1v) is 10.5. The summed E-state index contributed by atoms with van der Waals surface area (Å²) >= 11 is 0. The highest BCUT2D eigenvalue weighted by atomic mass is 28.4. The summed E-state index contributed by atoms with van der Waals surface area (Å²) < 4.78 is 17.0. The van der Waals surface area contributed by atoms with Gasteiger partial charge in [-0.3, -0.25) is 4.79 Å². The first kappa shape index (κ1) is 16.5. The lowest BCUT2D eigenvalue weighted by atomic mass is 10.0. The summed E-state index contributed by atoms with van der Waals surface area (Å²) in [4.78, 5) is 23.2. The molecular formula is C15H26O5Si. The van der Waals surface area contributed by atoms with Crippen LogP contribution in [0.15, 0.2) is 0 Å². The van der Waals surface area contributed by atoms with Crippen LogP contribution in [0.2, 0.25) is 18.1 Å². The number of rotatable bonds is 3. The molecule has 0 aromatic heterocycles. The predicted octanol–water partition coefficient (Wildman–Crippen LogP) is 2.64. The molecule has 0 N–H and O–H groups in total. The van der Waals surface area contributed by atoms with Gasteiger partial charge < -0.3 is 13.9 Å². The zero-order valence-electron chi connectivity index (χ0n) is 13.8. The van der Waals surface area contributed by atoms with E-state index in [0.717, 1.165) is 0 Å². The van der Waals surface area contributed by atoms with Crippen molar-refractivity contribution in [2.75, 3.05) is 0 Å². The van der Waals surface area contributed by atoms with E-state index < -0.39 is 14.4 Å². The van der Waals surface area contributed by atoms with Gasteiger partial charge in [-0.25, -0.2) is 4.79 Å². The molecule has 120 valence electrons. The minimum Gasteiger partial charge on any atom is -0.462 e. The van der Waals surface area contributed by atoms with Crippen LogP contribution in [0.5, 0.6) is 0 Å². The maximum Gasteiger partial charge on any atom is 0.334 e. The van der Waals surface area contributed by atoms with Crippen LogP contribution in [0.1, 0.15) is 40.5 Å². The van der Waals surface area contributed by atoms with E-state index in [2.05, 4.69) is 33.9 Å². The molecule has 0 bridgehead atoms. The minimum absolute atomic E-state index is 0.0102. The van der Waals surface area contributed by atoms with Gasteiger partial charge in [-0.2, -0.15) is 0 Å². The van der Waals surface area contributed by atoms with Crippen molar-refractivity contribution in [3.63, 3.8) is 0 Å². The molecule has 1 heterocycles. The summed E-state index contributed by atoms with van der Waals surface area (Å²) in [7, 11) is -2.03. The van der Waals surface area contributed by atoms with Crippen molar-refractivity contribution in [2.24, 2.45) is 5.92 Å². The molecule has 4 atom stereocenters. The molecule has 1 aliphatic carbocycles. The van der Waals surface area contributed by atoms with Gasteiger partial charge in [-0.05, 0) is 24.6 Å². The van der Waals surface area contributed by atoms with Gasteiger partial charge in [0.2, 0.25) is 0 Å². The number of fused-ring (bicyclic) bond motifs is 1. The fourth-order valence-corrected chi connectivity index (χ4v) is 4.05. The van der Waals surface area contributed by atoms with Crippen LogP contribution in [0.25, 0.3) is 0 Å². The molecule has 0 aromatic rings. The predicted molar refractivity (Wildman–Crippen MR) is 80.2 cm³/mol. The standard InChI is InChI=1S/C15H26O5Si/c1-9(16)18-10-7-11-12(8-10)19-14(17)13(11)20-21(5,6)15(2,3)4/h10-13H,7-8H2,1-6H3/t10-,11+,12-,13+/m0/s1. The second kappa shape index (κ2) is 5.39. The first-order chi connectivity index (χ1) is 9.51. The Hall–Kier alpha value is -0.883. The third-order valence-corrected chi connectivity index (χ3v) is 9.41. The summed E-state index contributed by atoms with van der Waals surface area (Å²) in [6, 6.07) is 0. The quantitative estimate of drug-likeness (QED) is 0.592. The van der Waals surface area contributed by atoms with Crippen molar-refractivity contribution in [3.05, 3.63) is 0 Å². The van der Waals surface area contributed by atoms with Crippen LogP contribution in [-0.2, 0) is 23.5 Å². The maximum atomic E-state index is 12.1. The molecule has 1 saturated heterocycles. The van der Waals surface area contributed by atoms with Crippen molar-refractivity contribution in [1.29, 1.82) is 0 Å². The van der Waals surface area contributed by atoms with Gasteiger partial charge in [-0.1, -0.05) is 20.8 Å². The molecule has 0 radical (unpaired) electrons. The minimum atomic E-state index is -2.03. The van der Waals surface area contributed by atoms with Gasteiger partial charge in [0.25, 0.3) is 0 Å². The highest BCUT2D eigenvalue weighted by molar-refractivity contribution is 6.74. The highest BCUT2D eigenvalue weighted by Crippen LogP contribution is 2.44. The molecule has 1 aliphatic heterocycles. The lowest BCUT2D eigenvalue weighted by Crippen LogP contribution is -2.46. The summed E-state index contributed by atoms with van der Waals surface area (Å²) in [5.41, 5.74) is 0. The number of hydrogen-bond acceptors (Lipinski definition) is 5. The number of carbonyl (C=O) groups is 2. The fraction of sp³-hybridized carbons (Fsp3) is 0.867. The summed E-state index contributed by atoms with van der Waals surface area (Å²) in [6.45, 7) is 12.1. The smallest absolute Gasteiger partial charge is 0.334 e. The zero-order valence-corrected chi connectivity index (χ0v) is 14.8. The van der Waals surface area contributed by atoms with Gasteiger partial charge in [0.1, 0.15) is 18.3 Å². The highest BCUT2D eigenvalue weighted by Gasteiger charge is 2.54. The van der Waals surface area contributed by atoms with E-state index in [1.54, 1.807) is 0 Å². The molecule has 1 saturated carbocycles. The van der Waals surface area contributed by atoms with E-state index in [-0.39, 0.29) is 35.1 Å². The third kappa shape index (κ3) is 3.31. The summed E-state index contributed by atoms with van der Waals surface area (Å²) in [6.07, 6.45) is 0.409. The van der Waals surface area contributed by atoms with E-state index in [1.165, 1.54) is 6.92 Å². The van der Waals surface area contributed by atoms with Gasteiger partial charge in [-0.15, -0.1) is 0 Å². The Bertz CT molecular complexity index is 440. The SMILES string of the molecule is CC(=O)O[C@H]1C[C@@H]2[C@H](C1)OC(=O)[C@@H]2O[Si](C)(C)C(C)(C)C. The largest absolute Gasteiger partial charge is 0.462 e. The normalized spacial score (nSPS) is 32.8. The Balaban J connectivity index is 2.07.